The molecule has 0 aromatic heterocycles. The van der Waals surface area contributed by atoms with E-state index in [1.54, 1.807) is 7.11 Å². The van der Waals surface area contributed by atoms with Crippen LogP contribution in [-0.4, -0.2) is 64.3 Å². The zero-order valence-corrected chi connectivity index (χ0v) is 16.8. The number of hydrogen-bond donors (Lipinski definition) is 2. The normalized spacial score (nSPS) is 18.0. The highest BCUT2D eigenvalue weighted by Gasteiger charge is 2.39. The second kappa shape index (κ2) is 12.3. The van der Waals surface area contributed by atoms with E-state index in [9.17, 15) is 4.79 Å². The van der Waals surface area contributed by atoms with E-state index in [4.69, 9.17) is 4.74 Å². The average molecular weight is 372 g/mol. The molecule has 1 atom stereocenters. The van der Waals surface area contributed by atoms with Gasteiger partial charge < -0.3 is 20.3 Å². The molecule has 0 radical (unpaired) electrons. The Hall–Kier alpha value is -0.0700. The summed E-state index contributed by atoms with van der Waals surface area (Å²) in [4.78, 5) is 14.9. The Labute approximate surface area is 154 Å². The Morgan fingerprint density at radius 1 is 1.26 bits per heavy atom. The molecular weight excluding hydrogens is 337 g/mol. The Balaban J connectivity index is 0. The topological polar surface area (TPSA) is 53.6 Å². The molecule has 2 N–H and O–H groups in total. The number of carbonyl (C=O) groups excluding carboxylic acids is 1. The molecular formula is C16H35Cl2N3O2. The monoisotopic (exact) mass is 371 g/mol. The first-order chi connectivity index (χ1) is 9.91. The molecule has 1 saturated heterocycles. The van der Waals surface area contributed by atoms with Gasteiger partial charge >= 0.3 is 0 Å². The van der Waals surface area contributed by atoms with Crippen molar-refractivity contribution < 1.29 is 9.53 Å². The fraction of sp³-hybridized carbons (Fsp3) is 0.938. The van der Waals surface area contributed by atoms with Gasteiger partial charge in [0.2, 0.25) is 5.91 Å². The lowest BCUT2D eigenvalue weighted by atomic mass is 9.78. The lowest BCUT2D eigenvalue weighted by molar-refractivity contribution is -0.136. The molecule has 0 saturated carbocycles. The van der Waals surface area contributed by atoms with Crippen molar-refractivity contribution >= 4 is 30.7 Å². The number of ether oxygens (including phenoxy) is 1. The zero-order valence-electron chi connectivity index (χ0n) is 15.2. The SMILES string of the molecule is COCC1(C(=O)NCC(CC(C)C)N(C)C)CCNCC1.Cl.Cl. The van der Waals surface area contributed by atoms with Gasteiger partial charge in [0.15, 0.2) is 0 Å². The third-order valence-electron chi connectivity index (χ3n) is 4.43. The minimum atomic E-state index is -0.352. The first-order valence-corrected chi connectivity index (χ1v) is 8.05. The van der Waals surface area contributed by atoms with Gasteiger partial charge in [0.05, 0.1) is 12.0 Å². The lowest BCUT2D eigenvalue weighted by Crippen LogP contribution is -2.52. The summed E-state index contributed by atoms with van der Waals surface area (Å²) < 4.78 is 5.33. The van der Waals surface area contributed by atoms with Gasteiger partial charge in [-0.25, -0.2) is 0 Å². The fourth-order valence-corrected chi connectivity index (χ4v) is 3.04. The van der Waals surface area contributed by atoms with Crippen molar-refractivity contribution in [3.63, 3.8) is 0 Å². The summed E-state index contributed by atoms with van der Waals surface area (Å²) in [6.45, 7) is 7.44. The van der Waals surface area contributed by atoms with Crippen molar-refractivity contribution in [3.05, 3.63) is 0 Å². The molecule has 1 unspecified atom stereocenters. The molecule has 1 heterocycles. The van der Waals surface area contributed by atoms with Gasteiger partial charge in [-0.15, -0.1) is 24.8 Å². The second-order valence-corrected chi connectivity index (χ2v) is 6.92. The number of carbonyl (C=O) groups is 1. The van der Waals surface area contributed by atoms with Crippen LogP contribution in [0.1, 0.15) is 33.1 Å². The van der Waals surface area contributed by atoms with E-state index in [-0.39, 0.29) is 36.1 Å². The van der Waals surface area contributed by atoms with Gasteiger partial charge in [0, 0.05) is 19.7 Å². The van der Waals surface area contributed by atoms with Crippen LogP contribution in [0.25, 0.3) is 0 Å². The van der Waals surface area contributed by atoms with Crippen molar-refractivity contribution in [2.45, 2.75) is 39.2 Å². The number of halogens is 2. The highest BCUT2D eigenvalue weighted by atomic mass is 35.5. The van der Waals surface area contributed by atoms with E-state index in [2.05, 4.69) is 43.5 Å². The Morgan fingerprint density at radius 2 is 1.83 bits per heavy atom. The van der Waals surface area contributed by atoms with E-state index in [1.807, 2.05) is 0 Å². The predicted molar refractivity (Wildman–Crippen MR) is 101 cm³/mol. The standard InChI is InChI=1S/C16H33N3O2.2ClH/c1-13(2)10-14(19(3)4)11-18-15(20)16(12-21-5)6-8-17-9-7-16;;/h13-14,17H,6-12H2,1-5H3,(H,18,20);2*1H. The van der Waals surface area contributed by atoms with Gasteiger partial charge in [0.1, 0.15) is 0 Å². The van der Waals surface area contributed by atoms with Crippen molar-refractivity contribution in [1.29, 1.82) is 0 Å². The van der Waals surface area contributed by atoms with Gasteiger partial charge in [-0.1, -0.05) is 13.8 Å². The molecule has 1 aliphatic heterocycles. The van der Waals surface area contributed by atoms with Crippen LogP contribution in [-0.2, 0) is 9.53 Å². The summed E-state index contributed by atoms with van der Waals surface area (Å²) in [6.07, 6.45) is 2.79. The summed E-state index contributed by atoms with van der Waals surface area (Å²) in [5, 5.41) is 6.49. The Morgan fingerprint density at radius 3 is 2.26 bits per heavy atom. The number of methoxy groups -OCH3 is 1. The summed E-state index contributed by atoms with van der Waals surface area (Å²) in [7, 11) is 5.84. The maximum Gasteiger partial charge on any atom is 0.228 e. The number of rotatable bonds is 8. The van der Waals surface area contributed by atoms with E-state index in [0.717, 1.165) is 32.4 Å². The number of piperidine rings is 1. The van der Waals surface area contributed by atoms with Crippen LogP contribution in [0, 0.1) is 11.3 Å². The van der Waals surface area contributed by atoms with Crippen molar-refractivity contribution in [1.82, 2.24) is 15.5 Å². The third kappa shape index (κ3) is 8.03. The maximum atomic E-state index is 12.7. The van der Waals surface area contributed by atoms with Gasteiger partial charge in [0.25, 0.3) is 0 Å². The van der Waals surface area contributed by atoms with Crippen molar-refractivity contribution in [2.24, 2.45) is 11.3 Å². The molecule has 7 heteroatoms. The lowest BCUT2D eigenvalue weighted by Gasteiger charge is -2.36. The molecule has 0 bridgehead atoms. The van der Waals surface area contributed by atoms with Crippen molar-refractivity contribution in [3.8, 4) is 0 Å². The van der Waals surface area contributed by atoms with Gasteiger partial charge in [-0.05, 0) is 52.4 Å². The summed E-state index contributed by atoms with van der Waals surface area (Å²) in [6, 6.07) is 0.385. The quantitative estimate of drug-likeness (QED) is 0.684. The van der Waals surface area contributed by atoms with Crippen LogP contribution in [0.5, 0.6) is 0 Å². The maximum absolute atomic E-state index is 12.7. The zero-order chi connectivity index (χ0) is 15.9. The number of nitrogens with zero attached hydrogens (tertiary/aromatic N) is 1. The molecule has 1 amide bonds. The van der Waals surface area contributed by atoms with Crippen molar-refractivity contribution in [2.75, 3.05) is 47.4 Å². The highest BCUT2D eigenvalue weighted by Crippen LogP contribution is 2.29. The van der Waals surface area contributed by atoms with Crippen LogP contribution >= 0.6 is 24.8 Å². The second-order valence-electron chi connectivity index (χ2n) is 6.92. The summed E-state index contributed by atoms with van der Waals surface area (Å²) >= 11 is 0. The molecule has 1 aliphatic rings. The predicted octanol–water partition coefficient (Wildman–Crippen LogP) is 1.94. The van der Waals surface area contributed by atoms with E-state index in [1.165, 1.54) is 0 Å². The van der Waals surface area contributed by atoms with E-state index >= 15 is 0 Å². The number of hydrogen-bond acceptors (Lipinski definition) is 4. The molecule has 23 heavy (non-hydrogen) atoms. The van der Waals surface area contributed by atoms with E-state index in [0.29, 0.717) is 25.1 Å². The first kappa shape index (κ1) is 25.2. The van der Waals surface area contributed by atoms with Crippen LogP contribution < -0.4 is 10.6 Å². The molecule has 0 aromatic rings. The Kier molecular flexibility index (Phi) is 13.5. The van der Waals surface area contributed by atoms with E-state index < -0.39 is 0 Å². The highest BCUT2D eigenvalue weighted by molar-refractivity contribution is 5.85. The number of likely N-dealkylation sites (N-methyl/N-ethyl adjacent to an activating group) is 1. The third-order valence-corrected chi connectivity index (χ3v) is 4.43. The fourth-order valence-electron chi connectivity index (χ4n) is 3.04. The summed E-state index contributed by atoms with van der Waals surface area (Å²) in [5.74, 6) is 0.780. The van der Waals surface area contributed by atoms with Crippen LogP contribution in [0.15, 0.2) is 0 Å². The first-order valence-electron chi connectivity index (χ1n) is 8.05. The largest absolute Gasteiger partial charge is 0.384 e. The number of nitrogens with one attached hydrogen (secondary N) is 2. The molecule has 1 fully saturated rings. The van der Waals surface area contributed by atoms with Gasteiger partial charge in [-0.2, -0.15) is 0 Å². The van der Waals surface area contributed by atoms with Crippen LogP contribution in [0.2, 0.25) is 0 Å². The molecule has 0 spiro atoms. The molecule has 0 aromatic carbocycles. The van der Waals surface area contributed by atoms with Crippen LogP contribution in [0.4, 0.5) is 0 Å². The summed E-state index contributed by atoms with van der Waals surface area (Å²) in [5.41, 5.74) is -0.352. The molecule has 0 aliphatic carbocycles. The smallest absolute Gasteiger partial charge is 0.228 e. The van der Waals surface area contributed by atoms with Gasteiger partial charge in [-0.3, -0.25) is 4.79 Å². The minimum Gasteiger partial charge on any atom is -0.384 e. The molecule has 5 nitrogen and oxygen atoms in total. The minimum absolute atomic E-state index is 0. The van der Waals surface area contributed by atoms with Crippen LogP contribution in [0.3, 0.4) is 0 Å². The Bertz CT molecular complexity index is 317. The number of amides is 1. The average Bonchev–Trinajstić information content (AvgIpc) is 2.43. The molecule has 1 rings (SSSR count). The molecule has 140 valence electrons.